The van der Waals surface area contributed by atoms with Crippen LogP contribution >= 0.6 is 23.1 Å². The highest BCUT2D eigenvalue weighted by Crippen LogP contribution is 2.29. The summed E-state index contributed by atoms with van der Waals surface area (Å²) >= 11 is 7.17. The van der Waals surface area contributed by atoms with Crippen molar-refractivity contribution in [3.05, 3.63) is 58.4 Å². The van der Waals surface area contributed by atoms with Crippen LogP contribution < -0.4 is 0 Å². The van der Waals surface area contributed by atoms with E-state index in [0.717, 1.165) is 18.1 Å². The predicted octanol–water partition coefficient (Wildman–Crippen LogP) is 3.35. The highest BCUT2D eigenvalue weighted by Gasteiger charge is 2.34. The van der Waals surface area contributed by atoms with Crippen molar-refractivity contribution in [3.63, 3.8) is 0 Å². The van der Waals surface area contributed by atoms with Crippen molar-refractivity contribution in [1.29, 1.82) is 0 Å². The molecule has 0 bridgehead atoms. The third-order valence-corrected chi connectivity index (χ3v) is 6.71. The van der Waals surface area contributed by atoms with Crippen LogP contribution in [0.5, 0.6) is 0 Å². The van der Waals surface area contributed by atoms with Crippen LogP contribution in [0.25, 0.3) is 10.2 Å². The molecule has 0 spiro atoms. The highest BCUT2D eigenvalue weighted by molar-refractivity contribution is 7.13. The maximum absolute atomic E-state index is 13.4. The quantitative estimate of drug-likeness (QED) is 0.345. The number of amides is 1. The molecule has 0 aliphatic carbocycles. The summed E-state index contributed by atoms with van der Waals surface area (Å²) in [5.74, 6) is -3.06. The molecule has 166 valence electrons. The van der Waals surface area contributed by atoms with E-state index in [4.69, 9.17) is 16.7 Å². The first-order valence-corrected chi connectivity index (χ1v) is 11.2. The van der Waals surface area contributed by atoms with Crippen LogP contribution in [0.4, 0.5) is 0 Å². The van der Waals surface area contributed by atoms with Gasteiger partial charge in [-0.25, -0.2) is 9.78 Å². The van der Waals surface area contributed by atoms with Crippen molar-refractivity contribution >= 4 is 51.0 Å². The molecular weight excluding hydrogens is 452 g/mol. The van der Waals surface area contributed by atoms with Crippen LogP contribution in [0.3, 0.4) is 0 Å². The largest absolute Gasteiger partial charge is 0.475 e. The van der Waals surface area contributed by atoms with E-state index in [9.17, 15) is 14.4 Å². The van der Waals surface area contributed by atoms with Crippen molar-refractivity contribution in [1.82, 2.24) is 19.2 Å². The Kier molecular flexibility index (Phi) is 6.23. The van der Waals surface area contributed by atoms with Gasteiger partial charge in [0.1, 0.15) is 15.7 Å². The number of rotatable bonds is 5. The summed E-state index contributed by atoms with van der Waals surface area (Å²) < 4.78 is 3.91. The van der Waals surface area contributed by atoms with Gasteiger partial charge < -0.3 is 10.0 Å². The van der Waals surface area contributed by atoms with E-state index in [1.807, 2.05) is 25.1 Å². The maximum atomic E-state index is 13.4. The first-order chi connectivity index (χ1) is 15.3. The summed E-state index contributed by atoms with van der Waals surface area (Å²) in [6.45, 7) is 6.05. The number of aliphatic carboxylic acids is 1. The smallest absolute Gasteiger partial charge is 0.378 e. The molecule has 3 aromatic rings. The summed E-state index contributed by atoms with van der Waals surface area (Å²) in [5, 5.41) is 9.26. The summed E-state index contributed by atoms with van der Waals surface area (Å²) in [6, 6.07) is 11.7. The van der Waals surface area contributed by atoms with Crippen LogP contribution in [-0.2, 0) is 11.3 Å². The number of halogens is 1. The van der Waals surface area contributed by atoms with Crippen molar-refractivity contribution in [2.45, 2.75) is 32.5 Å². The first-order valence-electron chi connectivity index (χ1n) is 10.1. The van der Waals surface area contributed by atoms with Gasteiger partial charge in [-0.15, -0.1) is 0 Å². The molecule has 1 saturated heterocycles. The van der Waals surface area contributed by atoms with Crippen molar-refractivity contribution in [3.8, 4) is 0 Å². The zero-order valence-electron chi connectivity index (χ0n) is 17.5. The average molecular weight is 473 g/mol. The number of hydrogen-bond acceptors (Lipinski definition) is 7. The van der Waals surface area contributed by atoms with Crippen LogP contribution in [0.1, 0.15) is 40.3 Å². The van der Waals surface area contributed by atoms with Gasteiger partial charge in [-0.3, -0.25) is 14.5 Å². The molecule has 1 fully saturated rings. The van der Waals surface area contributed by atoms with Gasteiger partial charge in [-0.05, 0) is 37.0 Å². The Bertz CT molecular complexity index is 1200. The van der Waals surface area contributed by atoms with Gasteiger partial charge in [0.25, 0.3) is 11.7 Å². The van der Waals surface area contributed by atoms with E-state index in [-0.39, 0.29) is 39.8 Å². The van der Waals surface area contributed by atoms with E-state index in [1.54, 1.807) is 4.90 Å². The minimum Gasteiger partial charge on any atom is -0.475 e. The Balaban J connectivity index is 1.59. The lowest BCUT2D eigenvalue weighted by molar-refractivity contribution is -0.131. The number of carboxylic acid groups (broad SMARTS) is 1. The lowest BCUT2D eigenvalue weighted by atomic mass is 10.0. The predicted molar refractivity (Wildman–Crippen MR) is 121 cm³/mol. The third-order valence-electron chi connectivity index (χ3n) is 5.66. The molecule has 0 saturated carbocycles. The molecule has 1 aromatic carbocycles. The molecule has 0 radical (unpaired) electrons. The topological polar surface area (TPSA) is 104 Å². The number of carboxylic acids is 1. The number of ketones is 1. The highest BCUT2D eigenvalue weighted by atomic mass is 35.5. The summed E-state index contributed by atoms with van der Waals surface area (Å²) in [4.78, 5) is 45.0. The van der Waals surface area contributed by atoms with Crippen LogP contribution in [0.2, 0.25) is 5.15 Å². The molecule has 2 atom stereocenters. The van der Waals surface area contributed by atoms with Gasteiger partial charge in [-0.2, -0.15) is 4.37 Å². The van der Waals surface area contributed by atoms with E-state index < -0.39 is 11.8 Å². The molecule has 1 aliphatic rings. The van der Waals surface area contributed by atoms with E-state index >= 15 is 0 Å². The van der Waals surface area contributed by atoms with Gasteiger partial charge in [0.15, 0.2) is 0 Å². The van der Waals surface area contributed by atoms with E-state index in [1.165, 1.54) is 11.6 Å². The molecule has 1 amide bonds. The molecule has 3 heterocycles. The number of pyridine rings is 1. The van der Waals surface area contributed by atoms with Crippen LogP contribution in [-0.4, -0.2) is 67.1 Å². The van der Waals surface area contributed by atoms with Crippen molar-refractivity contribution < 1.29 is 19.5 Å². The third kappa shape index (κ3) is 4.23. The first kappa shape index (κ1) is 22.3. The Morgan fingerprint density at radius 1 is 1.16 bits per heavy atom. The van der Waals surface area contributed by atoms with Gasteiger partial charge >= 0.3 is 5.97 Å². The number of benzene rings is 1. The van der Waals surface area contributed by atoms with Gasteiger partial charge in [-0.1, -0.05) is 41.9 Å². The second kappa shape index (κ2) is 8.93. The summed E-state index contributed by atoms with van der Waals surface area (Å²) in [6.07, 6.45) is 0. The van der Waals surface area contributed by atoms with Crippen LogP contribution in [0.15, 0.2) is 36.4 Å². The molecule has 8 nitrogen and oxygen atoms in total. The lowest BCUT2D eigenvalue weighted by Gasteiger charge is -2.44. The Labute approximate surface area is 193 Å². The normalized spacial score (nSPS) is 19.3. The molecule has 1 N–H and O–H groups in total. The van der Waals surface area contributed by atoms with Crippen LogP contribution in [0, 0.1) is 0 Å². The summed E-state index contributed by atoms with van der Waals surface area (Å²) in [7, 11) is 0. The molecular formula is C22H21ClN4O4S. The lowest BCUT2D eigenvalue weighted by Crippen LogP contribution is -2.57. The SMILES string of the molecule is C[C@@H]1CN(Cc2ccccc2)[C@@H](C)CN1C(=O)c1cc2c(C(=O)C(=O)O)nsc2nc1Cl. The number of fused-ring (bicyclic) bond motifs is 1. The average Bonchev–Trinajstić information content (AvgIpc) is 3.17. The number of carbonyl (C=O) groups is 3. The van der Waals surface area contributed by atoms with Crippen molar-refractivity contribution in [2.75, 3.05) is 13.1 Å². The number of hydrogen-bond donors (Lipinski definition) is 1. The van der Waals surface area contributed by atoms with Gasteiger partial charge in [0.05, 0.1) is 5.56 Å². The maximum Gasteiger partial charge on any atom is 0.378 e. The Morgan fingerprint density at radius 2 is 1.88 bits per heavy atom. The number of carbonyl (C=O) groups excluding carboxylic acids is 2. The second-order valence-electron chi connectivity index (χ2n) is 7.92. The molecule has 10 heteroatoms. The fourth-order valence-corrected chi connectivity index (χ4v) is 4.96. The monoisotopic (exact) mass is 472 g/mol. The Morgan fingerprint density at radius 3 is 2.56 bits per heavy atom. The zero-order chi connectivity index (χ0) is 23.0. The molecule has 1 aliphatic heterocycles. The van der Waals surface area contributed by atoms with Crippen molar-refractivity contribution in [2.24, 2.45) is 0 Å². The number of aromatic nitrogens is 2. The fourth-order valence-electron chi connectivity index (χ4n) is 3.94. The molecule has 4 rings (SSSR count). The fraction of sp³-hybridized carbons (Fsp3) is 0.318. The molecule has 2 aromatic heterocycles. The minimum absolute atomic E-state index is 0.00652. The minimum atomic E-state index is -1.61. The zero-order valence-corrected chi connectivity index (χ0v) is 19.1. The van der Waals surface area contributed by atoms with E-state index in [0.29, 0.717) is 17.9 Å². The summed E-state index contributed by atoms with van der Waals surface area (Å²) in [5.41, 5.74) is 1.11. The molecule has 32 heavy (non-hydrogen) atoms. The number of Topliss-reactive ketones (excluding diaryl/α,β-unsaturated/α-hetero) is 1. The number of nitrogens with zero attached hydrogens (tertiary/aromatic N) is 4. The standard InChI is InChI=1S/C22H21ClN4O4S/c1-12-10-27(13(2)9-26(12)11-14-6-4-3-5-7-14)21(29)16-8-15-17(18(28)22(30)31)25-32-20(15)24-19(16)23/h3-8,12-13H,9-11H2,1-2H3,(H,30,31)/t12-,13+/m0/s1. The second-order valence-corrected chi connectivity index (χ2v) is 9.03. The van der Waals surface area contributed by atoms with Gasteiger partial charge in [0, 0.05) is 37.1 Å². The van der Waals surface area contributed by atoms with Gasteiger partial charge in [0.2, 0.25) is 0 Å². The number of piperazine rings is 1. The Hall–Kier alpha value is -2.88. The molecule has 0 unspecified atom stereocenters. The van der Waals surface area contributed by atoms with E-state index in [2.05, 4.69) is 33.3 Å².